The van der Waals surface area contributed by atoms with Gasteiger partial charge < -0.3 is 10.1 Å². The van der Waals surface area contributed by atoms with Crippen molar-refractivity contribution in [2.75, 3.05) is 13.7 Å². The van der Waals surface area contributed by atoms with Crippen molar-refractivity contribution in [1.82, 2.24) is 5.32 Å². The van der Waals surface area contributed by atoms with Crippen LogP contribution in [0.1, 0.15) is 66.2 Å². The molecular formula is C17H35NO. The third-order valence-electron chi connectivity index (χ3n) is 4.82. The number of methoxy groups -OCH3 is 1. The van der Waals surface area contributed by atoms with Gasteiger partial charge in [-0.15, -0.1) is 0 Å². The van der Waals surface area contributed by atoms with Gasteiger partial charge in [-0.1, -0.05) is 47.0 Å². The minimum absolute atomic E-state index is 0.354. The van der Waals surface area contributed by atoms with Crippen LogP contribution in [-0.4, -0.2) is 25.8 Å². The van der Waals surface area contributed by atoms with Gasteiger partial charge in [0.1, 0.15) is 0 Å². The normalized spacial score (nSPS) is 27.5. The summed E-state index contributed by atoms with van der Waals surface area (Å²) < 4.78 is 5.83. The quantitative estimate of drug-likeness (QED) is 0.711. The Kier molecular flexibility index (Phi) is 8.01. The lowest BCUT2D eigenvalue weighted by Gasteiger charge is -2.40. The van der Waals surface area contributed by atoms with Gasteiger partial charge in [0.25, 0.3) is 0 Å². The average Bonchev–Trinajstić information content (AvgIpc) is 2.43. The number of ether oxygens (including phenoxy) is 1. The van der Waals surface area contributed by atoms with E-state index < -0.39 is 0 Å². The van der Waals surface area contributed by atoms with E-state index in [1.807, 2.05) is 7.11 Å². The van der Waals surface area contributed by atoms with Crippen LogP contribution in [0.2, 0.25) is 0 Å². The van der Waals surface area contributed by atoms with Crippen molar-refractivity contribution in [2.24, 2.45) is 17.8 Å². The smallest absolute Gasteiger partial charge is 0.0749 e. The molecule has 0 aliphatic heterocycles. The van der Waals surface area contributed by atoms with Crippen molar-refractivity contribution >= 4 is 0 Å². The minimum atomic E-state index is 0.354. The Morgan fingerprint density at radius 3 is 2.47 bits per heavy atom. The van der Waals surface area contributed by atoms with Crippen LogP contribution in [0.3, 0.4) is 0 Å². The monoisotopic (exact) mass is 269 g/mol. The number of hydrogen-bond acceptors (Lipinski definition) is 2. The summed E-state index contributed by atoms with van der Waals surface area (Å²) in [7, 11) is 1.88. The highest BCUT2D eigenvalue weighted by Crippen LogP contribution is 2.35. The van der Waals surface area contributed by atoms with Crippen LogP contribution in [0.4, 0.5) is 0 Å². The van der Waals surface area contributed by atoms with Crippen LogP contribution in [0.5, 0.6) is 0 Å². The second kappa shape index (κ2) is 8.97. The molecule has 0 radical (unpaired) electrons. The zero-order valence-corrected chi connectivity index (χ0v) is 13.7. The third-order valence-corrected chi connectivity index (χ3v) is 4.82. The molecule has 1 aliphatic rings. The predicted octanol–water partition coefficient (Wildman–Crippen LogP) is 4.24. The Morgan fingerprint density at radius 2 is 1.95 bits per heavy atom. The number of rotatable bonds is 8. The number of hydrogen-bond donors (Lipinski definition) is 1. The molecule has 1 saturated carbocycles. The van der Waals surface area contributed by atoms with Crippen molar-refractivity contribution in [3.8, 4) is 0 Å². The van der Waals surface area contributed by atoms with Gasteiger partial charge >= 0.3 is 0 Å². The summed E-state index contributed by atoms with van der Waals surface area (Å²) in [5.74, 6) is 2.33. The molecule has 1 N–H and O–H groups in total. The molecule has 114 valence electrons. The molecule has 1 fully saturated rings. The van der Waals surface area contributed by atoms with E-state index >= 15 is 0 Å². The van der Waals surface area contributed by atoms with Crippen LogP contribution in [0, 0.1) is 17.8 Å². The SMILES string of the molecule is CCCNC(C1CCCC(CC)C1)C(OC)C(C)C. The maximum absolute atomic E-state index is 5.83. The first-order valence-corrected chi connectivity index (χ1v) is 8.40. The Hall–Kier alpha value is -0.0800. The van der Waals surface area contributed by atoms with Crippen molar-refractivity contribution in [3.05, 3.63) is 0 Å². The summed E-state index contributed by atoms with van der Waals surface area (Å²) in [6, 6.07) is 0.541. The maximum Gasteiger partial charge on any atom is 0.0749 e. The highest BCUT2D eigenvalue weighted by Gasteiger charge is 2.34. The van der Waals surface area contributed by atoms with Gasteiger partial charge in [-0.25, -0.2) is 0 Å². The molecule has 0 saturated heterocycles. The zero-order valence-electron chi connectivity index (χ0n) is 13.7. The summed E-state index contributed by atoms with van der Waals surface area (Å²) in [5.41, 5.74) is 0. The van der Waals surface area contributed by atoms with Gasteiger partial charge in [0.05, 0.1) is 6.10 Å². The largest absolute Gasteiger partial charge is 0.380 e. The molecule has 0 aromatic carbocycles. The molecule has 4 atom stereocenters. The molecule has 19 heavy (non-hydrogen) atoms. The van der Waals surface area contributed by atoms with Crippen molar-refractivity contribution in [3.63, 3.8) is 0 Å². The van der Waals surface area contributed by atoms with Crippen LogP contribution in [0.25, 0.3) is 0 Å². The Labute approximate surface area is 120 Å². The summed E-state index contributed by atoms with van der Waals surface area (Å²) in [5, 5.41) is 3.79. The van der Waals surface area contributed by atoms with E-state index in [1.165, 1.54) is 38.5 Å². The van der Waals surface area contributed by atoms with Crippen LogP contribution in [-0.2, 0) is 4.74 Å². The molecule has 0 bridgehead atoms. The fraction of sp³-hybridized carbons (Fsp3) is 1.00. The van der Waals surface area contributed by atoms with Crippen LogP contribution >= 0.6 is 0 Å². The lowest BCUT2D eigenvalue weighted by molar-refractivity contribution is 0.00402. The molecular weight excluding hydrogens is 234 g/mol. The van der Waals surface area contributed by atoms with E-state index in [0.717, 1.165) is 18.4 Å². The Balaban J connectivity index is 2.70. The van der Waals surface area contributed by atoms with E-state index in [4.69, 9.17) is 4.74 Å². The molecule has 0 amide bonds. The van der Waals surface area contributed by atoms with E-state index in [0.29, 0.717) is 18.1 Å². The molecule has 0 aromatic heterocycles. The topological polar surface area (TPSA) is 21.3 Å². The molecule has 2 heteroatoms. The van der Waals surface area contributed by atoms with Gasteiger partial charge in [-0.2, -0.15) is 0 Å². The second-order valence-electron chi connectivity index (χ2n) is 6.63. The van der Waals surface area contributed by atoms with Crippen LogP contribution < -0.4 is 5.32 Å². The Morgan fingerprint density at radius 1 is 1.21 bits per heavy atom. The van der Waals surface area contributed by atoms with Gasteiger partial charge in [-0.3, -0.25) is 0 Å². The summed E-state index contributed by atoms with van der Waals surface area (Å²) in [4.78, 5) is 0. The molecule has 1 rings (SSSR count). The molecule has 0 heterocycles. The van der Waals surface area contributed by atoms with Crippen molar-refractivity contribution in [2.45, 2.75) is 78.4 Å². The zero-order chi connectivity index (χ0) is 14.3. The van der Waals surface area contributed by atoms with Gasteiger partial charge in [0.2, 0.25) is 0 Å². The van der Waals surface area contributed by atoms with Gasteiger partial charge in [-0.05, 0) is 43.6 Å². The van der Waals surface area contributed by atoms with Crippen molar-refractivity contribution < 1.29 is 4.74 Å². The summed E-state index contributed by atoms with van der Waals surface area (Å²) in [6.45, 7) is 10.3. The Bertz CT molecular complexity index is 229. The van der Waals surface area contributed by atoms with E-state index in [1.54, 1.807) is 0 Å². The average molecular weight is 269 g/mol. The van der Waals surface area contributed by atoms with Gasteiger partial charge in [0.15, 0.2) is 0 Å². The first-order valence-electron chi connectivity index (χ1n) is 8.40. The molecule has 4 unspecified atom stereocenters. The van der Waals surface area contributed by atoms with Gasteiger partial charge in [0, 0.05) is 13.2 Å². The summed E-state index contributed by atoms with van der Waals surface area (Å²) >= 11 is 0. The highest BCUT2D eigenvalue weighted by atomic mass is 16.5. The maximum atomic E-state index is 5.83. The lowest BCUT2D eigenvalue weighted by Crippen LogP contribution is -2.50. The molecule has 1 aliphatic carbocycles. The van der Waals surface area contributed by atoms with Crippen molar-refractivity contribution in [1.29, 1.82) is 0 Å². The standard InChI is InChI=1S/C17H35NO/c1-6-11-18-16(17(19-5)13(3)4)15-10-8-9-14(7-2)12-15/h13-18H,6-12H2,1-5H3. The van der Waals surface area contributed by atoms with E-state index in [2.05, 4.69) is 33.0 Å². The summed E-state index contributed by atoms with van der Waals surface area (Å²) in [6.07, 6.45) is 8.52. The highest BCUT2D eigenvalue weighted by molar-refractivity contribution is 4.89. The minimum Gasteiger partial charge on any atom is -0.380 e. The lowest BCUT2D eigenvalue weighted by atomic mass is 9.74. The van der Waals surface area contributed by atoms with Crippen LogP contribution in [0.15, 0.2) is 0 Å². The van der Waals surface area contributed by atoms with E-state index in [9.17, 15) is 0 Å². The first kappa shape index (κ1) is 17.0. The predicted molar refractivity (Wildman–Crippen MR) is 83.5 cm³/mol. The fourth-order valence-electron chi connectivity index (χ4n) is 3.73. The second-order valence-corrected chi connectivity index (χ2v) is 6.63. The molecule has 0 spiro atoms. The molecule has 0 aromatic rings. The first-order chi connectivity index (χ1) is 9.13. The fourth-order valence-corrected chi connectivity index (χ4v) is 3.73. The third kappa shape index (κ3) is 5.07. The number of nitrogens with one attached hydrogen (secondary N) is 1. The molecule has 2 nitrogen and oxygen atoms in total. The van der Waals surface area contributed by atoms with E-state index in [-0.39, 0.29) is 0 Å².